The quantitative estimate of drug-likeness (QED) is 0.336. The van der Waals surface area contributed by atoms with E-state index in [0.717, 1.165) is 0 Å². The molecule has 0 aromatic carbocycles. The van der Waals surface area contributed by atoms with Crippen LogP contribution in [0, 0.1) is 0 Å². The molecule has 0 saturated heterocycles. The fourth-order valence-corrected chi connectivity index (χ4v) is 0. The number of hydrogen-bond donors (Lipinski definition) is 1. The molecule has 0 aliphatic carbocycles. The van der Waals surface area contributed by atoms with Crippen LogP contribution in [0.4, 0.5) is 0 Å². The Morgan fingerprint density at radius 3 is 1.00 bits per heavy atom. The average molecular weight is 240 g/mol. The van der Waals surface area contributed by atoms with Gasteiger partial charge in [-0.25, -0.2) is 0 Å². The van der Waals surface area contributed by atoms with Crippen molar-refractivity contribution < 1.29 is 33.8 Å². The maximum atomic E-state index is 8.73. The molecule has 0 fully saturated rings. The molecule has 0 unspecified atom stereocenters. The summed E-state index contributed by atoms with van der Waals surface area (Å²) in [5, 5.41) is 0. The van der Waals surface area contributed by atoms with E-state index in [1.165, 1.54) is 0 Å². The Kier molecular flexibility index (Phi) is 15.6. The normalized spacial score (nSPS) is 8.57. The number of halogens is 1. The summed E-state index contributed by atoms with van der Waals surface area (Å²) >= 11 is -5.69. The Bertz CT molecular complexity index is 25.2. The second kappa shape index (κ2) is 6.69. The summed E-state index contributed by atoms with van der Waals surface area (Å²) in [6, 6.07) is 0. The van der Waals surface area contributed by atoms with Gasteiger partial charge >= 0.3 is 79.2 Å². The van der Waals surface area contributed by atoms with Gasteiger partial charge in [-0.3, -0.25) is 10.3 Å². The summed E-state index contributed by atoms with van der Waals surface area (Å²) in [6.07, 6.45) is 0. The van der Waals surface area contributed by atoms with Gasteiger partial charge in [0.05, 0.1) is 0 Å². The molecule has 0 spiro atoms. The van der Waals surface area contributed by atoms with Gasteiger partial charge in [0, 0.05) is 3.44 Å². The van der Waals surface area contributed by atoms with Crippen molar-refractivity contribution in [1.29, 1.82) is 0 Å². The van der Waals surface area contributed by atoms with Crippen LogP contribution < -0.4 is 30.4 Å². The van der Waals surface area contributed by atoms with Crippen LogP contribution in [0.3, 0.4) is 0 Å². The molecule has 7 heavy (non-hydrogen) atoms. The molecule has 0 heterocycles. The summed E-state index contributed by atoms with van der Waals surface area (Å²) in [4.78, 5) is 0. The van der Waals surface area contributed by atoms with E-state index in [-0.39, 0.29) is 59.1 Å². The van der Waals surface area contributed by atoms with Crippen LogP contribution in [0.25, 0.3) is 0 Å². The van der Waals surface area contributed by atoms with Gasteiger partial charge in [0.1, 0.15) is 0 Å². The molecule has 0 aliphatic heterocycles. The zero-order valence-corrected chi connectivity index (χ0v) is 4.21. The Labute approximate surface area is 91.2 Å². The van der Waals surface area contributed by atoms with Gasteiger partial charge in [0.15, 0.2) is 0 Å². The number of hydrogen-bond acceptors (Lipinski definition) is 4. The second-order valence-electron chi connectivity index (χ2n) is 0.396. The van der Waals surface area contributed by atoms with Crippen molar-refractivity contribution in [2.45, 2.75) is 0 Å². The monoisotopic (exact) mass is 240 g/mol. The van der Waals surface area contributed by atoms with Gasteiger partial charge in [-0.05, 0) is 0 Å². The van der Waals surface area contributed by atoms with Crippen molar-refractivity contribution in [3.05, 3.63) is 0 Å². The van der Waals surface area contributed by atoms with E-state index < -0.39 is 20.1 Å². The first-order valence-corrected chi connectivity index (χ1v) is 4.24. The van der Waals surface area contributed by atoms with Crippen LogP contribution in [0.5, 0.6) is 0 Å². The average Bonchev–Trinajstić information content (AvgIpc) is 0.722. The first-order chi connectivity index (χ1) is 2.00. The standard InChI is InChI=1S/HIO4.2Na.2H/c2-1(3,4)5;;;;/h2H;;;;. The molecule has 0 rings (SSSR count). The Morgan fingerprint density at radius 2 is 1.00 bits per heavy atom. The molecule has 1 N–H and O–H groups in total. The zero-order chi connectivity index (χ0) is 4.50. The maximum Gasteiger partial charge on any atom is 0.368 e. The van der Waals surface area contributed by atoms with Crippen LogP contribution in [0.1, 0.15) is 0 Å². The van der Waals surface area contributed by atoms with Gasteiger partial charge in [0.25, 0.3) is 0 Å². The van der Waals surface area contributed by atoms with E-state index in [2.05, 4.69) is 0 Å². The number of rotatable bonds is 0. The maximum absolute atomic E-state index is 8.73. The third-order valence-corrected chi connectivity index (χ3v) is 0. The Hall–Kier alpha value is 2.57. The molecule has 7 heteroatoms. The molecule has 0 amide bonds. The van der Waals surface area contributed by atoms with Crippen LogP contribution in [0.2, 0.25) is 0 Å². The SMILES string of the molecule is [NaH].[NaH].[O-][I+3]([O-])([O-])O. The third-order valence-electron chi connectivity index (χ3n) is 0. The zero-order valence-electron chi connectivity index (χ0n) is 2.05. The molecule has 0 atom stereocenters. The van der Waals surface area contributed by atoms with E-state index in [4.69, 9.17) is 13.7 Å². The summed E-state index contributed by atoms with van der Waals surface area (Å²) in [5.41, 5.74) is 0. The van der Waals surface area contributed by atoms with E-state index in [1.54, 1.807) is 0 Å². The Morgan fingerprint density at radius 1 is 1.00 bits per heavy atom. The minimum atomic E-state index is -5.69. The predicted octanol–water partition coefficient (Wildman–Crippen LogP) is -8.42. The van der Waals surface area contributed by atoms with E-state index in [0.29, 0.717) is 0 Å². The summed E-state index contributed by atoms with van der Waals surface area (Å²) in [7, 11) is 0. The fraction of sp³-hybridized carbons (Fsp3) is 0. The summed E-state index contributed by atoms with van der Waals surface area (Å²) < 4.78 is 33.2. The molecule has 36 valence electrons. The van der Waals surface area contributed by atoms with Gasteiger partial charge in [-0.15, -0.1) is 0 Å². The van der Waals surface area contributed by atoms with Crippen LogP contribution in [-0.2, 0) is 0 Å². The van der Waals surface area contributed by atoms with Crippen molar-refractivity contribution in [2.24, 2.45) is 0 Å². The summed E-state index contributed by atoms with van der Waals surface area (Å²) in [6.45, 7) is 0. The minimum Gasteiger partial charge on any atom is -0.256 e. The molecule has 4 nitrogen and oxygen atoms in total. The third kappa shape index (κ3) is 56.0. The van der Waals surface area contributed by atoms with E-state index in [9.17, 15) is 0 Å². The summed E-state index contributed by atoms with van der Waals surface area (Å²) in [5.74, 6) is 0. The molecule has 0 aromatic heterocycles. The fourth-order valence-electron chi connectivity index (χ4n) is 0. The van der Waals surface area contributed by atoms with Crippen LogP contribution >= 0.6 is 0 Å². The van der Waals surface area contributed by atoms with Crippen molar-refractivity contribution >= 4 is 59.1 Å². The van der Waals surface area contributed by atoms with Gasteiger partial charge in [-0.2, -0.15) is 0 Å². The Balaban J connectivity index is -0.0000000800. The predicted molar refractivity (Wildman–Crippen MR) is 16.5 cm³/mol. The van der Waals surface area contributed by atoms with Gasteiger partial charge < -0.3 is 0 Å². The minimum absolute atomic E-state index is 0. The molecule has 0 saturated carbocycles. The van der Waals surface area contributed by atoms with Crippen molar-refractivity contribution in [2.75, 3.05) is 0 Å². The second-order valence-corrected chi connectivity index (χ2v) is 2.66. The molecule has 0 radical (unpaired) electrons. The topological polar surface area (TPSA) is 89.4 Å². The van der Waals surface area contributed by atoms with Crippen LogP contribution in [-0.4, -0.2) is 62.6 Å². The molecule has 0 aromatic rings. The molecular weight excluding hydrogens is 237 g/mol. The molecular formula is H3INa2O4. The largest absolute Gasteiger partial charge is 0.368 e. The van der Waals surface area contributed by atoms with E-state index in [1.807, 2.05) is 0 Å². The van der Waals surface area contributed by atoms with Crippen LogP contribution in [0.15, 0.2) is 0 Å². The smallest absolute Gasteiger partial charge is 0.256 e. The molecule has 0 aliphatic rings. The van der Waals surface area contributed by atoms with Gasteiger partial charge in [-0.1, -0.05) is 0 Å². The van der Waals surface area contributed by atoms with Crippen molar-refractivity contribution in [1.82, 2.24) is 0 Å². The van der Waals surface area contributed by atoms with Crippen molar-refractivity contribution in [3.8, 4) is 0 Å². The first kappa shape index (κ1) is 16.3. The molecule has 0 bridgehead atoms. The van der Waals surface area contributed by atoms with E-state index >= 15 is 0 Å². The van der Waals surface area contributed by atoms with Gasteiger partial charge in [0.2, 0.25) is 0 Å². The first-order valence-electron chi connectivity index (χ1n) is 0.632. The van der Waals surface area contributed by atoms with Crippen molar-refractivity contribution in [3.63, 3.8) is 0 Å².